The number of fused-ring (bicyclic) bond motifs is 2. The van der Waals surface area contributed by atoms with Crippen LogP contribution in [0, 0.1) is 0 Å². The number of benzene rings is 2. The lowest BCUT2D eigenvalue weighted by Crippen LogP contribution is -2.34. The molecule has 0 radical (unpaired) electrons. The van der Waals surface area contributed by atoms with E-state index in [1.165, 1.54) is 12.1 Å². The van der Waals surface area contributed by atoms with Gasteiger partial charge < -0.3 is 19.7 Å². The van der Waals surface area contributed by atoms with E-state index in [9.17, 15) is 14.7 Å². The predicted octanol–water partition coefficient (Wildman–Crippen LogP) is 4.15. The molecule has 31 heavy (non-hydrogen) atoms. The smallest absolute Gasteiger partial charge is 0.336 e. The van der Waals surface area contributed by atoms with Crippen molar-refractivity contribution in [2.45, 2.75) is 52.6 Å². The van der Waals surface area contributed by atoms with Crippen molar-refractivity contribution in [3.63, 3.8) is 0 Å². The highest BCUT2D eigenvalue weighted by Gasteiger charge is 2.23. The van der Waals surface area contributed by atoms with Crippen LogP contribution in [0.3, 0.4) is 0 Å². The van der Waals surface area contributed by atoms with Crippen molar-refractivity contribution in [2.24, 2.45) is 0 Å². The van der Waals surface area contributed by atoms with E-state index in [0.29, 0.717) is 24.1 Å². The largest absolute Gasteiger partial charge is 0.508 e. The summed E-state index contributed by atoms with van der Waals surface area (Å²) in [5.41, 5.74) is 4.41. The maximum absolute atomic E-state index is 12.7. The number of aryl methyl sites for hydroxylation is 1. The van der Waals surface area contributed by atoms with Gasteiger partial charge in [0, 0.05) is 47.9 Å². The van der Waals surface area contributed by atoms with Crippen molar-refractivity contribution < 1.29 is 14.3 Å². The van der Waals surface area contributed by atoms with E-state index >= 15 is 0 Å². The van der Waals surface area contributed by atoms with Gasteiger partial charge >= 0.3 is 5.63 Å². The Morgan fingerprint density at radius 2 is 2.03 bits per heavy atom. The highest BCUT2D eigenvalue weighted by molar-refractivity contribution is 5.97. The third kappa shape index (κ3) is 4.15. The minimum absolute atomic E-state index is 0.0532. The first-order valence-electron chi connectivity index (χ1n) is 10.8. The molecule has 2 heterocycles. The van der Waals surface area contributed by atoms with Gasteiger partial charge in [0.15, 0.2) is 0 Å². The number of hydrogen-bond acceptors (Lipinski definition) is 5. The van der Waals surface area contributed by atoms with E-state index in [-0.39, 0.29) is 17.7 Å². The molecule has 6 nitrogen and oxygen atoms in total. The Bertz CT molecular complexity index is 1200. The lowest BCUT2D eigenvalue weighted by molar-refractivity contribution is 0.0942. The van der Waals surface area contributed by atoms with E-state index in [1.807, 2.05) is 45.0 Å². The fourth-order valence-electron chi connectivity index (χ4n) is 4.34. The molecule has 2 aromatic carbocycles. The second kappa shape index (κ2) is 8.46. The first-order chi connectivity index (χ1) is 14.9. The van der Waals surface area contributed by atoms with Gasteiger partial charge in [-0.25, -0.2) is 4.79 Å². The highest BCUT2D eigenvalue weighted by atomic mass is 16.4. The summed E-state index contributed by atoms with van der Waals surface area (Å²) < 4.78 is 5.34. The molecule has 1 aliphatic rings. The molecule has 3 aromatic rings. The molecule has 2 N–H and O–H groups in total. The minimum atomic E-state index is -0.437. The number of phenolic OH excluding ortho intramolecular Hbond substituents is 1. The van der Waals surface area contributed by atoms with Crippen LogP contribution >= 0.6 is 0 Å². The van der Waals surface area contributed by atoms with E-state index in [2.05, 4.69) is 10.2 Å². The monoisotopic (exact) mass is 420 g/mol. The molecule has 1 aromatic heterocycles. The third-order valence-electron chi connectivity index (χ3n) is 5.78. The van der Waals surface area contributed by atoms with E-state index in [1.54, 1.807) is 0 Å². The van der Waals surface area contributed by atoms with Gasteiger partial charge in [-0.2, -0.15) is 0 Å². The second-order valence-electron chi connectivity index (χ2n) is 8.38. The number of phenols is 1. The molecular weight excluding hydrogens is 392 g/mol. The minimum Gasteiger partial charge on any atom is -0.508 e. The molecule has 0 bridgehead atoms. The molecule has 0 spiro atoms. The van der Waals surface area contributed by atoms with Crippen LogP contribution in [0.2, 0.25) is 0 Å². The second-order valence-corrected chi connectivity index (χ2v) is 8.38. The Labute approximate surface area is 181 Å². The van der Waals surface area contributed by atoms with Crippen molar-refractivity contribution in [3.8, 4) is 5.75 Å². The molecule has 0 aliphatic carbocycles. The first-order valence-corrected chi connectivity index (χ1v) is 10.8. The van der Waals surface area contributed by atoms with Crippen LogP contribution in [0.5, 0.6) is 5.75 Å². The molecule has 162 valence electrons. The summed E-state index contributed by atoms with van der Waals surface area (Å²) in [5, 5.41) is 14.0. The number of nitrogens with one attached hydrogen (secondary N) is 1. The molecular formula is C25H28N2O4. The van der Waals surface area contributed by atoms with Gasteiger partial charge in [-0.3, -0.25) is 4.79 Å². The number of rotatable bonds is 5. The summed E-state index contributed by atoms with van der Waals surface area (Å²) in [6.45, 7) is 7.24. The maximum atomic E-state index is 12.7. The fraction of sp³-hybridized carbons (Fsp3) is 0.360. The van der Waals surface area contributed by atoms with Crippen molar-refractivity contribution in [1.29, 1.82) is 0 Å². The van der Waals surface area contributed by atoms with Gasteiger partial charge in [-0.1, -0.05) is 13.0 Å². The van der Waals surface area contributed by atoms with Crippen molar-refractivity contribution in [3.05, 3.63) is 69.1 Å². The van der Waals surface area contributed by atoms with Crippen LogP contribution in [0.25, 0.3) is 11.0 Å². The number of anilines is 1. The summed E-state index contributed by atoms with van der Waals surface area (Å²) in [6.07, 6.45) is 2.46. The summed E-state index contributed by atoms with van der Waals surface area (Å²) in [7, 11) is 0. The zero-order chi connectivity index (χ0) is 22.1. The standard InChI is InChI=1S/C25H28N2O4/c1-4-16-11-20-17(12-24(29)31-23(20)13-22(16)28)14-27-10-6-8-18-19(7-5-9-21(18)27)25(30)26-15(2)3/h5,7,9,11-13,15,28H,4,6,8,10,14H2,1-3H3,(H,26,30). The predicted molar refractivity (Wildman–Crippen MR) is 122 cm³/mol. The van der Waals surface area contributed by atoms with E-state index < -0.39 is 5.63 Å². The van der Waals surface area contributed by atoms with Crippen LogP contribution in [0.15, 0.2) is 45.6 Å². The normalized spacial score (nSPS) is 13.5. The number of carbonyl (C=O) groups is 1. The third-order valence-corrected chi connectivity index (χ3v) is 5.78. The first kappa shape index (κ1) is 21.0. The van der Waals surface area contributed by atoms with E-state index in [4.69, 9.17) is 4.42 Å². The van der Waals surface area contributed by atoms with Crippen LogP contribution in [0.4, 0.5) is 5.69 Å². The molecule has 0 unspecified atom stereocenters. The van der Waals surface area contributed by atoms with Crippen LogP contribution in [-0.2, 0) is 19.4 Å². The number of aromatic hydroxyl groups is 1. The summed E-state index contributed by atoms with van der Waals surface area (Å²) >= 11 is 0. The molecule has 1 amide bonds. The molecule has 0 atom stereocenters. The molecule has 1 aliphatic heterocycles. The lowest BCUT2D eigenvalue weighted by Gasteiger charge is -2.32. The maximum Gasteiger partial charge on any atom is 0.336 e. The Morgan fingerprint density at radius 3 is 2.77 bits per heavy atom. The average Bonchev–Trinajstić information content (AvgIpc) is 2.72. The topological polar surface area (TPSA) is 82.8 Å². The van der Waals surface area contributed by atoms with Gasteiger partial charge in [-0.05, 0) is 68.0 Å². The van der Waals surface area contributed by atoms with Crippen molar-refractivity contribution in [1.82, 2.24) is 5.32 Å². The van der Waals surface area contributed by atoms with E-state index in [0.717, 1.165) is 47.2 Å². The zero-order valence-corrected chi connectivity index (χ0v) is 18.2. The van der Waals surface area contributed by atoms with Gasteiger partial charge in [-0.15, -0.1) is 0 Å². The molecule has 0 fully saturated rings. The van der Waals surface area contributed by atoms with Crippen molar-refractivity contribution in [2.75, 3.05) is 11.4 Å². The van der Waals surface area contributed by atoms with Crippen molar-refractivity contribution >= 4 is 22.6 Å². The SMILES string of the molecule is CCc1cc2c(CN3CCCc4c(C(=O)NC(C)C)cccc43)cc(=O)oc2cc1O. The summed E-state index contributed by atoms with van der Waals surface area (Å²) in [4.78, 5) is 27.1. The molecule has 6 heteroatoms. The molecule has 0 saturated heterocycles. The van der Waals surface area contributed by atoms with Gasteiger partial charge in [0.1, 0.15) is 11.3 Å². The van der Waals surface area contributed by atoms with Gasteiger partial charge in [0.2, 0.25) is 0 Å². The summed E-state index contributed by atoms with van der Waals surface area (Å²) in [6, 6.07) is 10.9. The van der Waals surface area contributed by atoms with Crippen LogP contribution in [-0.4, -0.2) is 23.6 Å². The Balaban J connectivity index is 1.75. The number of amides is 1. The highest BCUT2D eigenvalue weighted by Crippen LogP contribution is 2.33. The van der Waals surface area contributed by atoms with Crippen LogP contribution < -0.4 is 15.8 Å². The lowest BCUT2D eigenvalue weighted by atomic mass is 9.95. The number of hydrogen-bond donors (Lipinski definition) is 2. The molecule has 0 saturated carbocycles. The quantitative estimate of drug-likeness (QED) is 0.606. The number of carbonyl (C=O) groups excluding carboxylic acids is 1. The Morgan fingerprint density at radius 1 is 1.23 bits per heavy atom. The Kier molecular flexibility index (Phi) is 5.72. The number of nitrogens with zero attached hydrogens (tertiary/aromatic N) is 1. The van der Waals surface area contributed by atoms with Crippen LogP contribution in [0.1, 0.15) is 54.2 Å². The Hall–Kier alpha value is -3.28. The average molecular weight is 421 g/mol. The van der Waals surface area contributed by atoms with Gasteiger partial charge in [0.05, 0.1) is 0 Å². The van der Waals surface area contributed by atoms with Gasteiger partial charge in [0.25, 0.3) is 5.91 Å². The fourth-order valence-corrected chi connectivity index (χ4v) is 4.34. The zero-order valence-electron chi connectivity index (χ0n) is 18.2. The summed E-state index contributed by atoms with van der Waals surface area (Å²) in [5.74, 6) is 0.0852. The molecule has 4 rings (SSSR count).